The number of aromatic nitrogens is 4. The Morgan fingerprint density at radius 3 is 2.96 bits per heavy atom. The van der Waals surface area contributed by atoms with Crippen LogP contribution in [-0.2, 0) is 29.8 Å². The van der Waals surface area contributed by atoms with Crippen LogP contribution in [0.25, 0.3) is 0 Å². The van der Waals surface area contributed by atoms with Crippen molar-refractivity contribution in [2.45, 2.75) is 38.5 Å². The first kappa shape index (κ1) is 17.6. The average Bonchev–Trinajstić information content (AvgIpc) is 3.36. The lowest BCUT2D eigenvalue weighted by Crippen LogP contribution is -2.36. The molecule has 1 saturated heterocycles. The van der Waals surface area contributed by atoms with Crippen molar-refractivity contribution in [1.82, 2.24) is 30.0 Å². The summed E-state index contributed by atoms with van der Waals surface area (Å²) in [6.45, 7) is 4.69. The molecule has 2 aromatic heterocycles. The molecular weight excluding hydrogens is 346 g/mol. The molecular formula is C18H23N7O2. The van der Waals surface area contributed by atoms with E-state index in [-0.39, 0.29) is 5.91 Å². The highest BCUT2D eigenvalue weighted by atomic mass is 16.7. The number of hydrogen-bond donors (Lipinski definition) is 1. The van der Waals surface area contributed by atoms with Crippen molar-refractivity contribution in [1.29, 1.82) is 0 Å². The van der Waals surface area contributed by atoms with Crippen LogP contribution >= 0.6 is 0 Å². The van der Waals surface area contributed by atoms with E-state index < -0.39 is 5.60 Å². The molecule has 0 unspecified atom stereocenters. The lowest BCUT2D eigenvalue weighted by molar-refractivity contribution is -0.115. The highest BCUT2D eigenvalue weighted by Gasteiger charge is 2.46. The molecule has 1 N–H and O–H groups in total. The molecule has 0 bridgehead atoms. The lowest BCUT2D eigenvalue weighted by Gasteiger charge is -2.21. The van der Waals surface area contributed by atoms with E-state index in [2.05, 4.69) is 30.4 Å². The van der Waals surface area contributed by atoms with Gasteiger partial charge in [-0.25, -0.2) is 0 Å². The summed E-state index contributed by atoms with van der Waals surface area (Å²) in [6, 6.07) is 0. The molecule has 9 heteroatoms. The van der Waals surface area contributed by atoms with Crippen molar-refractivity contribution < 1.29 is 9.63 Å². The smallest absolute Gasteiger partial charge is 0.269 e. The van der Waals surface area contributed by atoms with Gasteiger partial charge in [0.05, 0.1) is 30.3 Å². The minimum absolute atomic E-state index is 0.208. The van der Waals surface area contributed by atoms with Gasteiger partial charge < -0.3 is 10.2 Å². The standard InChI is InChI=1S/C18H23N7O2/c1-13-6-20-15(8-19-13)9-21-17(26)16-5-18(27-23-16)3-4-25(12-18)11-14-7-22-24(2)10-14/h6-8,10H,3-5,9,11-12H2,1-2H3,(H,21,26)/t18-/m0/s1. The summed E-state index contributed by atoms with van der Waals surface area (Å²) in [4.78, 5) is 28.8. The quantitative estimate of drug-likeness (QED) is 0.827. The van der Waals surface area contributed by atoms with Gasteiger partial charge in [0.25, 0.3) is 5.91 Å². The number of rotatable bonds is 5. The summed E-state index contributed by atoms with van der Waals surface area (Å²) in [5.41, 5.74) is 2.78. The van der Waals surface area contributed by atoms with Crippen LogP contribution in [0.2, 0.25) is 0 Å². The number of hydrogen-bond acceptors (Lipinski definition) is 7. The van der Waals surface area contributed by atoms with Crippen LogP contribution < -0.4 is 5.32 Å². The maximum Gasteiger partial charge on any atom is 0.269 e. The Bertz CT molecular complexity index is 861. The van der Waals surface area contributed by atoms with Crippen molar-refractivity contribution in [3.05, 3.63) is 41.7 Å². The number of amides is 1. The zero-order chi connectivity index (χ0) is 18.9. The van der Waals surface area contributed by atoms with Crippen LogP contribution in [0.5, 0.6) is 0 Å². The fraction of sp³-hybridized carbons (Fsp3) is 0.500. The van der Waals surface area contributed by atoms with Gasteiger partial charge in [-0.2, -0.15) is 5.10 Å². The Labute approximate surface area is 157 Å². The van der Waals surface area contributed by atoms with Crippen LogP contribution in [0.3, 0.4) is 0 Å². The second-order valence-corrected chi connectivity index (χ2v) is 7.30. The van der Waals surface area contributed by atoms with Crippen molar-refractivity contribution >= 4 is 11.6 Å². The number of nitrogens with one attached hydrogen (secondary N) is 1. The van der Waals surface area contributed by atoms with Gasteiger partial charge in [0.15, 0.2) is 5.60 Å². The van der Waals surface area contributed by atoms with Crippen molar-refractivity contribution in [3.63, 3.8) is 0 Å². The van der Waals surface area contributed by atoms with Gasteiger partial charge >= 0.3 is 0 Å². The number of carbonyl (C=O) groups is 1. The van der Waals surface area contributed by atoms with E-state index in [9.17, 15) is 4.79 Å². The molecule has 9 nitrogen and oxygen atoms in total. The number of oxime groups is 1. The summed E-state index contributed by atoms with van der Waals surface area (Å²) in [5, 5.41) is 11.1. The van der Waals surface area contributed by atoms with Crippen LogP contribution in [0, 0.1) is 6.92 Å². The van der Waals surface area contributed by atoms with Crippen molar-refractivity contribution in [3.8, 4) is 0 Å². The summed E-state index contributed by atoms with van der Waals surface area (Å²) in [6.07, 6.45) is 8.63. The SMILES string of the molecule is Cc1cnc(CNC(=O)C2=NO[C@@]3(CCN(Cc4cnn(C)c4)C3)C2)cn1. The van der Waals surface area contributed by atoms with Gasteiger partial charge in [-0.15, -0.1) is 0 Å². The zero-order valence-corrected chi connectivity index (χ0v) is 15.6. The fourth-order valence-corrected chi connectivity index (χ4v) is 3.52. The molecule has 4 rings (SSSR count). The molecule has 1 atom stereocenters. The third kappa shape index (κ3) is 3.97. The van der Waals surface area contributed by atoms with Gasteiger partial charge in [-0.3, -0.25) is 24.3 Å². The minimum Gasteiger partial charge on any atom is -0.387 e. The Morgan fingerprint density at radius 1 is 1.33 bits per heavy atom. The third-order valence-corrected chi connectivity index (χ3v) is 4.93. The van der Waals surface area contributed by atoms with E-state index in [1.54, 1.807) is 17.1 Å². The fourth-order valence-electron chi connectivity index (χ4n) is 3.52. The Morgan fingerprint density at radius 2 is 2.22 bits per heavy atom. The predicted molar refractivity (Wildman–Crippen MR) is 97.6 cm³/mol. The van der Waals surface area contributed by atoms with Crippen molar-refractivity contribution in [2.75, 3.05) is 13.1 Å². The third-order valence-electron chi connectivity index (χ3n) is 4.93. The number of carbonyl (C=O) groups excluding carboxylic acids is 1. The Hall–Kier alpha value is -2.81. The van der Waals surface area contributed by atoms with Crippen molar-refractivity contribution in [2.24, 2.45) is 12.2 Å². The molecule has 2 aliphatic heterocycles. The first-order valence-electron chi connectivity index (χ1n) is 9.02. The van der Waals surface area contributed by atoms with Gasteiger partial charge in [0.1, 0.15) is 5.71 Å². The van der Waals surface area contributed by atoms with E-state index in [0.29, 0.717) is 24.4 Å². The largest absolute Gasteiger partial charge is 0.387 e. The number of aryl methyl sites for hydroxylation is 2. The van der Waals surface area contributed by atoms with Crippen LogP contribution in [0.4, 0.5) is 0 Å². The number of nitrogens with zero attached hydrogens (tertiary/aromatic N) is 6. The van der Waals surface area contributed by atoms with E-state index in [1.165, 1.54) is 5.56 Å². The number of likely N-dealkylation sites (tertiary alicyclic amines) is 1. The summed E-state index contributed by atoms with van der Waals surface area (Å²) in [7, 11) is 1.91. The first-order chi connectivity index (χ1) is 13.0. The lowest BCUT2D eigenvalue weighted by atomic mass is 9.96. The zero-order valence-electron chi connectivity index (χ0n) is 15.6. The van der Waals surface area contributed by atoms with Crippen LogP contribution in [0.15, 0.2) is 29.9 Å². The highest BCUT2D eigenvalue weighted by molar-refractivity contribution is 6.39. The maximum absolute atomic E-state index is 12.4. The predicted octanol–water partition coefficient (Wildman–Crippen LogP) is 0.556. The monoisotopic (exact) mass is 369 g/mol. The van der Waals surface area contributed by atoms with E-state index in [4.69, 9.17) is 4.84 Å². The molecule has 1 amide bonds. The highest BCUT2D eigenvalue weighted by Crippen LogP contribution is 2.34. The summed E-state index contributed by atoms with van der Waals surface area (Å²) < 4.78 is 1.80. The van der Waals surface area contributed by atoms with Crippen LogP contribution in [0.1, 0.15) is 29.8 Å². The second kappa shape index (κ2) is 7.07. The minimum atomic E-state index is -0.390. The van der Waals surface area contributed by atoms with Crippen LogP contribution in [-0.4, -0.2) is 55.0 Å². The van der Waals surface area contributed by atoms with Gasteiger partial charge in [-0.1, -0.05) is 5.16 Å². The van der Waals surface area contributed by atoms with Gasteiger partial charge in [-0.05, 0) is 6.92 Å². The molecule has 27 heavy (non-hydrogen) atoms. The molecule has 1 fully saturated rings. The molecule has 2 aromatic rings. The van der Waals surface area contributed by atoms with E-state index in [1.807, 2.05) is 26.4 Å². The topological polar surface area (TPSA) is 97.5 Å². The molecule has 142 valence electrons. The first-order valence-corrected chi connectivity index (χ1v) is 9.02. The molecule has 0 aliphatic carbocycles. The average molecular weight is 369 g/mol. The molecule has 0 radical (unpaired) electrons. The van der Waals surface area contributed by atoms with Gasteiger partial charge in [0.2, 0.25) is 0 Å². The summed E-state index contributed by atoms with van der Waals surface area (Å²) >= 11 is 0. The van der Waals surface area contributed by atoms with E-state index >= 15 is 0 Å². The van der Waals surface area contributed by atoms with E-state index in [0.717, 1.165) is 31.7 Å². The normalized spacial score (nSPS) is 22.1. The maximum atomic E-state index is 12.4. The summed E-state index contributed by atoms with van der Waals surface area (Å²) in [5.74, 6) is -0.208. The molecule has 2 aliphatic rings. The molecule has 4 heterocycles. The Kier molecular flexibility index (Phi) is 4.61. The second-order valence-electron chi connectivity index (χ2n) is 7.30. The Balaban J connectivity index is 1.28. The molecule has 0 aromatic carbocycles. The van der Waals surface area contributed by atoms with Gasteiger partial charge in [0, 0.05) is 57.5 Å². The molecule has 0 saturated carbocycles. The molecule has 1 spiro atoms.